The molecule has 0 amide bonds. The molecule has 0 atom stereocenters. The molecule has 5 heteroatoms. The summed E-state index contributed by atoms with van der Waals surface area (Å²) in [6.45, 7) is 6.15. The average Bonchev–Trinajstić information content (AvgIpc) is 2.60. The summed E-state index contributed by atoms with van der Waals surface area (Å²) in [5.74, 6) is -0.224. The molecule has 0 unspecified atom stereocenters. The van der Waals surface area contributed by atoms with Crippen molar-refractivity contribution < 1.29 is 9.13 Å². The molecule has 122 valence electrons. The summed E-state index contributed by atoms with van der Waals surface area (Å²) < 4.78 is 19.2. The lowest BCUT2D eigenvalue weighted by atomic mass is 10.1. The van der Waals surface area contributed by atoms with E-state index in [0.29, 0.717) is 6.54 Å². The van der Waals surface area contributed by atoms with Crippen LogP contribution < -0.4 is 5.32 Å². The predicted octanol–water partition coefficient (Wildman–Crippen LogP) is 2.31. The second kappa shape index (κ2) is 8.15. The Morgan fingerprint density at radius 2 is 2.04 bits per heavy atom. The van der Waals surface area contributed by atoms with Gasteiger partial charge in [0.15, 0.2) is 0 Å². The van der Waals surface area contributed by atoms with E-state index in [4.69, 9.17) is 4.74 Å². The van der Waals surface area contributed by atoms with E-state index in [2.05, 4.69) is 15.2 Å². The molecule has 1 aromatic heterocycles. The summed E-state index contributed by atoms with van der Waals surface area (Å²) in [4.78, 5) is 6.66. The number of hydrogen-bond donors (Lipinski definition) is 1. The van der Waals surface area contributed by atoms with Gasteiger partial charge in [-0.15, -0.1) is 0 Å². The Morgan fingerprint density at radius 3 is 2.83 bits per heavy atom. The van der Waals surface area contributed by atoms with Crippen LogP contribution in [0.25, 0.3) is 11.3 Å². The maximum atomic E-state index is 13.8. The van der Waals surface area contributed by atoms with Gasteiger partial charge < -0.3 is 10.1 Å². The molecule has 23 heavy (non-hydrogen) atoms. The summed E-state index contributed by atoms with van der Waals surface area (Å²) in [7, 11) is 0. The van der Waals surface area contributed by atoms with Crippen LogP contribution in [0.2, 0.25) is 0 Å². The molecule has 1 aliphatic rings. The van der Waals surface area contributed by atoms with Crippen LogP contribution in [0.4, 0.5) is 4.39 Å². The monoisotopic (exact) mass is 315 g/mol. The first kappa shape index (κ1) is 16.1. The van der Waals surface area contributed by atoms with E-state index in [1.54, 1.807) is 12.3 Å². The number of rotatable bonds is 6. The number of benzene rings is 1. The number of aromatic nitrogens is 1. The number of nitrogens with zero attached hydrogens (tertiary/aromatic N) is 2. The molecular weight excluding hydrogens is 293 g/mol. The van der Waals surface area contributed by atoms with Crippen molar-refractivity contribution in [1.29, 1.82) is 0 Å². The van der Waals surface area contributed by atoms with Crippen LogP contribution in [0.5, 0.6) is 0 Å². The molecule has 0 aliphatic carbocycles. The molecular formula is C18H22FN3O. The lowest BCUT2D eigenvalue weighted by Gasteiger charge is -2.26. The molecule has 0 saturated carbocycles. The molecule has 0 bridgehead atoms. The molecule has 3 rings (SSSR count). The second-order valence-electron chi connectivity index (χ2n) is 5.69. The van der Waals surface area contributed by atoms with Gasteiger partial charge in [-0.2, -0.15) is 0 Å². The topological polar surface area (TPSA) is 37.4 Å². The SMILES string of the molecule is Fc1cc(CNCCN2CCOCC2)cc(-c2ccccn2)c1. The minimum absolute atomic E-state index is 0.224. The van der Waals surface area contributed by atoms with Gasteiger partial charge in [0.2, 0.25) is 0 Å². The molecule has 2 aromatic rings. The largest absolute Gasteiger partial charge is 0.379 e. The summed E-state index contributed by atoms with van der Waals surface area (Å²) >= 11 is 0. The Bertz CT molecular complexity index is 615. The van der Waals surface area contributed by atoms with Crippen molar-refractivity contribution in [3.05, 3.63) is 54.0 Å². The van der Waals surface area contributed by atoms with Crippen LogP contribution in [0.15, 0.2) is 42.6 Å². The highest BCUT2D eigenvalue weighted by Crippen LogP contribution is 2.19. The lowest BCUT2D eigenvalue weighted by molar-refractivity contribution is 0.0384. The fourth-order valence-electron chi connectivity index (χ4n) is 2.73. The zero-order valence-corrected chi connectivity index (χ0v) is 13.2. The van der Waals surface area contributed by atoms with Crippen molar-refractivity contribution in [3.63, 3.8) is 0 Å². The van der Waals surface area contributed by atoms with E-state index in [9.17, 15) is 4.39 Å². The summed E-state index contributed by atoms with van der Waals surface area (Å²) in [6.07, 6.45) is 1.72. The summed E-state index contributed by atoms with van der Waals surface area (Å²) in [6, 6.07) is 10.8. The van der Waals surface area contributed by atoms with Crippen LogP contribution in [0.1, 0.15) is 5.56 Å². The maximum absolute atomic E-state index is 13.8. The molecule has 0 radical (unpaired) electrons. The van der Waals surface area contributed by atoms with Crippen molar-refractivity contribution in [3.8, 4) is 11.3 Å². The van der Waals surface area contributed by atoms with Crippen LogP contribution in [0, 0.1) is 5.82 Å². The van der Waals surface area contributed by atoms with Crippen molar-refractivity contribution >= 4 is 0 Å². The third kappa shape index (κ3) is 4.82. The fourth-order valence-corrected chi connectivity index (χ4v) is 2.73. The lowest BCUT2D eigenvalue weighted by Crippen LogP contribution is -2.40. The standard InChI is InChI=1S/C18H22FN3O/c19-17-12-15(11-16(13-17)18-3-1-2-4-21-18)14-20-5-6-22-7-9-23-10-8-22/h1-4,11-13,20H,5-10,14H2. The van der Waals surface area contributed by atoms with E-state index in [0.717, 1.165) is 56.2 Å². The van der Waals surface area contributed by atoms with Gasteiger partial charge in [0.05, 0.1) is 18.9 Å². The third-order valence-corrected chi connectivity index (χ3v) is 3.96. The van der Waals surface area contributed by atoms with E-state index < -0.39 is 0 Å². The average molecular weight is 315 g/mol. The Labute approximate surface area is 136 Å². The molecule has 1 fully saturated rings. The van der Waals surface area contributed by atoms with Gasteiger partial charge in [-0.1, -0.05) is 6.07 Å². The van der Waals surface area contributed by atoms with Crippen LogP contribution in [0.3, 0.4) is 0 Å². The zero-order chi connectivity index (χ0) is 15.9. The molecule has 1 aliphatic heterocycles. The van der Waals surface area contributed by atoms with E-state index >= 15 is 0 Å². The first-order chi connectivity index (χ1) is 11.3. The zero-order valence-electron chi connectivity index (χ0n) is 13.2. The molecule has 1 N–H and O–H groups in total. The predicted molar refractivity (Wildman–Crippen MR) is 88.6 cm³/mol. The van der Waals surface area contributed by atoms with Crippen molar-refractivity contribution in [2.75, 3.05) is 39.4 Å². The van der Waals surface area contributed by atoms with Gasteiger partial charge >= 0.3 is 0 Å². The summed E-state index contributed by atoms with van der Waals surface area (Å²) in [5.41, 5.74) is 2.55. The van der Waals surface area contributed by atoms with Gasteiger partial charge in [-0.3, -0.25) is 9.88 Å². The molecule has 2 heterocycles. The quantitative estimate of drug-likeness (QED) is 0.830. The minimum Gasteiger partial charge on any atom is -0.379 e. The molecule has 4 nitrogen and oxygen atoms in total. The second-order valence-corrected chi connectivity index (χ2v) is 5.69. The van der Waals surface area contributed by atoms with Gasteiger partial charge in [-0.05, 0) is 35.9 Å². The first-order valence-electron chi connectivity index (χ1n) is 8.03. The fraction of sp³-hybridized carbons (Fsp3) is 0.389. The Hall–Kier alpha value is -1.82. The number of nitrogens with one attached hydrogen (secondary N) is 1. The smallest absolute Gasteiger partial charge is 0.124 e. The van der Waals surface area contributed by atoms with Crippen LogP contribution >= 0.6 is 0 Å². The number of pyridine rings is 1. The van der Waals surface area contributed by atoms with Crippen LogP contribution in [-0.2, 0) is 11.3 Å². The number of halogens is 1. The number of morpholine rings is 1. The Morgan fingerprint density at radius 1 is 1.17 bits per heavy atom. The molecule has 0 spiro atoms. The third-order valence-electron chi connectivity index (χ3n) is 3.96. The minimum atomic E-state index is -0.224. The highest BCUT2D eigenvalue weighted by atomic mass is 19.1. The highest BCUT2D eigenvalue weighted by molar-refractivity contribution is 5.59. The Kier molecular flexibility index (Phi) is 5.69. The highest BCUT2D eigenvalue weighted by Gasteiger charge is 2.09. The first-order valence-corrected chi connectivity index (χ1v) is 8.03. The van der Waals surface area contributed by atoms with E-state index in [1.165, 1.54) is 6.07 Å². The Balaban J connectivity index is 1.54. The normalized spacial score (nSPS) is 15.7. The van der Waals surface area contributed by atoms with Crippen molar-refractivity contribution in [1.82, 2.24) is 15.2 Å². The van der Waals surface area contributed by atoms with Gasteiger partial charge in [0, 0.05) is 44.5 Å². The van der Waals surface area contributed by atoms with Crippen molar-refractivity contribution in [2.24, 2.45) is 0 Å². The van der Waals surface area contributed by atoms with Crippen molar-refractivity contribution in [2.45, 2.75) is 6.54 Å². The van der Waals surface area contributed by atoms with E-state index in [-0.39, 0.29) is 5.82 Å². The van der Waals surface area contributed by atoms with Gasteiger partial charge in [0.1, 0.15) is 5.82 Å². The molecule has 1 saturated heterocycles. The van der Waals surface area contributed by atoms with Crippen LogP contribution in [-0.4, -0.2) is 49.3 Å². The number of hydrogen-bond acceptors (Lipinski definition) is 4. The summed E-state index contributed by atoms with van der Waals surface area (Å²) in [5, 5.41) is 3.39. The van der Waals surface area contributed by atoms with E-state index in [1.807, 2.05) is 24.3 Å². The van der Waals surface area contributed by atoms with Gasteiger partial charge in [0.25, 0.3) is 0 Å². The maximum Gasteiger partial charge on any atom is 0.124 e. The molecule has 1 aromatic carbocycles. The number of ether oxygens (including phenoxy) is 1. The van der Waals surface area contributed by atoms with Gasteiger partial charge in [-0.25, -0.2) is 4.39 Å².